The zero-order valence-electron chi connectivity index (χ0n) is 16.0. The Balaban J connectivity index is 1.60. The largest absolute Gasteiger partial charge is 0.472 e. The molecule has 2 aromatic rings. The molecule has 160 valence electrons. The Labute approximate surface area is 177 Å². The Bertz CT molecular complexity index is 915. The molecule has 2 heterocycles. The molecule has 3 rings (SSSR count). The van der Waals surface area contributed by atoms with Crippen molar-refractivity contribution in [3.63, 3.8) is 0 Å². The number of hydrogen-bond donors (Lipinski definition) is 2. The highest BCUT2D eigenvalue weighted by molar-refractivity contribution is 7.80. The number of alkyl halides is 3. The van der Waals surface area contributed by atoms with Crippen molar-refractivity contribution < 1.29 is 17.9 Å². The molecule has 1 aromatic heterocycles. The number of nitrogens with one attached hydrogen (secondary N) is 1. The van der Waals surface area contributed by atoms with E-state index in [0.717, 1.165) is 38.1 Å². The van der Waals surface area contributed by atoms with Crippen LogP contribution in [0.5, 0.6) is 5.88 Å². The molecular weight excluding hydrogens is 417 g/mol. The molecule has 0 saturated carbocycles. The Morgan fingerprint density at radius 3 is 2.73 bits per heavy atom. The van der Waals surface area contributed by atoms with E-state index >= 15 is 0 Å². The third kappa shape index (κ3) is 6.02. The fourth-order valence-electron chi connectivity index (χ4n) is 2.87. The van der Waals surface area contributed by atoms with Gasteiger partial charge in [-0.2, -0.15) is 18.3 Å². The summed E-state index contributed by atoms with van der Waals surface area (Å²) in [5, 5.41) is 4.53. The molecule has 1 fully saturated rings. The van der Waals surface area contributed by atoms with Crippen molar-refractivity contribution in [2.45, 2.75) is 32.0 Å². The van der Waals surface area contributed by atoms with Crippen LogP contribution in [0.2, 0.25) is 0 Å². The third-order valence-electron chi connectivity index (χ3n) is 4.43. The molecule has 0 atom stereocenters. The highest BCUT2D eigenvalue weighted by Gasteiger charge is 2.30. The van der Waals surface area contributed by atoms with E-state index < -0.39 is 11.7 Å². The van der Waals surface area contributed by atoms with Crippen LogP contribution in [0.3, 0.4) is 0 Å². The Kier molecular flexibility index (Phi) is 7.03. The van der Waals surface area contributed by atoms with Crippen LogP contribution in [0.25, 0.3) is 0 Å². The first-order chi connectivity index (χ1) is 14.3. The van der Waals surface area contributed by atoms with Crippen molar-refractivity contribution in [1.82, 2.24) is 20.3 Å². The Morgan fingerprint density at radius 2 is 2.00 bits per heavy atom. The molecule has 0 bridgehead atoms. The van der Waals surface area contributed by atoms with Gasteiger partial charge >= 0.3 is 6.18 Å². The number of aromatic nitrogens is 2. The molecule has 11 heteroatoms. The van der Waals surface area contributed by atoms with Crippen molar-refractivity contribution in [2.75, 3.05) is 13.1 Å². The molecule has 1 saturated heterocycles. The van der Waals surface area contributed by atoms with Gasteiger partial charge in [-0.05, 0) is 49.2 Å². The normalized spacial score (nSPS) is 15.0. The third-order valence-corrected chi connectivity index (χ3v) is 4.78. The first-order valence-corrected chi connectivity index (χ1v) is 9.73. The van der Waals surface area contributed by atoms with Gasteiger partial charge < -0.3 is 15.4 Å². The first kappa shape index (κ1) is 21.8. The molecule has 1 aromatic carbocycles. The molecule has 30 heavy (non-hydrogen) atoms. The van der Waals surface area contributed by atoms with Crippen LogP contribution >= 0.6 is 12.2 Å². The lowest BCUT2D eigenvalue weighted by atomic mass is 10.1. The summed E-state index contributed by atoms with van der Waals surface area (Å²) in [6.07, 6.45) is 1.68. The molecule has 0 amide bonds. The number of hydrazone groups is 1. The van der Waals surface area contributed by atoms with Crippen molar-refractivity contribution in [1.29, 1.82) is 0 Å². The number of piperidine rings is 1. The Morgan fingerprint density at radius 1 is 1.23 bits per heavy atom. The van der Waals surface area contributed by atoms with E-state index in [4.69, 9.17) is 22.7 Å². The van der Waals surface area contributed by atoms with Crippen LogP contribution in [0, 0.1) is 0 Å². The fourth-order valence-corrected chi connectivity index (χ4v) is 3.10. The van der Waals surface area contributed by atoms with Crippen LogP contribution in [0.4, 0.5) is 13.2 Å². The van der Waals surface area contributed by atoms with Crippen molar-refractivity contribution in [3.8, 4) is 5.88 Å². The van der Waals surface area contributed by atoms with Crippen molar-refractivity contribution in [3.05, 3.63) is 53.5 Å². The lowest BCUT2D eigenvalue weighted by Crippen LogP contribution is -2.41. The van der Waals surface area contributed by atoms with Gasteiger partial charge in [0.05, 0.1) is 18.0 Å². The van der Waals surface area contributed by atoms with Gasteiger partial charge in [-0.25, -0.2) is 4.98 Å². The highest BCUT2D eigenvalue weighted by atomic mass is 32.1. The second kappa shape index (κ2) is 9.70. The van der Waals surface area contributed by atoms with Gasteiger partial charge in [0.25, 0.3) is 0 Å². The van der Waals surface area contributed by atoms with Gasteiger partial charge in [-0.3, -0.25) is 10.4 Å². The predicted octanol–water partition coefficient (Wildman–Crippen LogP) is 3.06. The molecule has 0 spiro atoms. The summed E-state index contributed by atoms with van der Waals surface area (Å²) in [4.78, 5) is 10.2. The molecule has 0 aliphatic carbocycles. The smallest absolute Gasteiger partial charge is 0.416 e. The number of likely N-dealkylation sites (tertiary alicyclic amines) is 1. The zero-order valence-corrected chi connectivity index (χ0v) is 16.8. The number of hydrogen-bond acceptors (Lipinski definition) is 5. The van der Waals surface area contributed by atoms with Crippen LogP contribution in [0.1, 0.15) is 36.1 Å². The standard InChI is InChI=1S/C19H21F3N6OS/c20-19(21,22)14-6-4-5-13(9-14)12-29-16-11-24-10-15(25-16)17(23)26-27-18(30)28-7-2-1-3-8-28/h4-6,9-11H,1-3,7-8,12H2,(H2,23,26)(H,27,30). The first-order valence-electron chi connectivity index (χ1n) is 9.32. The average Bonchev–Trinajstić information content (AvgIpc) is 2.76. The second-order valence-corrected chi connectivity index (χ2v) is 7.08. The lowest BCUT2D eigenvalue weighted by Gasteiger charge is -2.28. The van der Waals surface area contributed by atoms with Crippen LogP contribution in [-0.4, -0.2) is 38.9 Å². The summed E-state index contributed by atoms with van der Waals surface area (Å²) >= 11 is 5.31. The minimum Gasteiger partial charge on any atom is -0.472 e. The number of ether oxygens (including phenoxy) is 1. The zero-order chi connectivity index (χ0) is 21.6. The summed E-state index contributed by atoms with van der Waals surface area (Å²) in [7, 11) is 0. The monoisotopic (exact) mass is 438 g/mol. The molecular formula is C19H21F3N6OS. The minimum absolute atomic E-state index is 0.0615. The van der Waals surface area contributed by atoms with E-state index in [9.17, 15) is 13.2 Å². The van der Waals surface area contributed by atoms with Gasteiger partial charge in [-0.1, -0.05) is 12.1 Å². The Hall–Kier alpha value is -2.95. The number of nitrogens with two attached hydrogens (primary N) is 1. The summed E-state index contributed by atoms with van der Waals surface area (Å²) in [6, 6.07) is 4.89. The second-order valence-electron chi connectivity index (χ2n) is 6.69. The summed E-state index contributed by atoms with van der Waals surface area (Å²) < 4.78 is 43.9. The maximum Gasteiger partial charge on any atom is 0.416 e. The SMILES string of the molecule is N/C(=N\NC(=S)N1CCCCC1)c1cncc(OCc2cccc(C(F)(F)F)c2)n1. The quantitative estimate of drug-likeness (QED) is 0.321. The number of thiocarbonyl (C=S) groups is 1. The van der Waals surface area contributed by atoms with Gasteiger partial charge in [0.1, 0.15) is 12.3 Å². The van der Waals surface area contributed by atoms with E-state index in [1.54, 1.807) is 0 Å². The van der Waals surface area contributed by atoms with Crippen LogP contribution in [0.15, 0.2) is 41.8 Å². The molecule has 0 unspecified atom stereocenters. The van der Waals surface area contributed by atoms with Gasteiger partial charge in [-0.15, -0.1) is 0 Å². The molecule has 3 N–H and O–H groups in total. The van der Waals surface area contributed by atoms with E-state index in [0.29, 0.717) is 10.7 Å². The van der Waals surface area contributed by atoms with Crippen LogP contribution in [-0.2, 0) is 12.8 Å². The number of amidine groups is 1. The molecule has 1 aliphatic heterocycles. The topological polar surface area (TPSA) is 88.7 Å². The van der Waals surface area contributed by atoms with E-state index in [-0.39, 0.29) is 24.0 Å². The van der Waals surface area contributed by atoms with Crippen LogP contribution < -0.4 is 15.9 Å². The van der Waals surface area contributed by atoms with E-state index in [1.165, 1.54) is 30.9 Å². The maximum absolute atomic E-state index is 12.8. The van der Waals surface area contributed by atoms with Crippen molar-refractivity contribution in [2.24, 2.45) is 10.8 Å². The van der Waals surface area contributed by atoms with E-state index in [1.807, 2.05) is 4.90 Å². The highest BCUT2D eigenvalue weighted by Crippen LogP contribution is 2.29. The van der Waals surface area contributed by atoms with Gasteiger partial charge in [0, 0.05) is 13.1 Å². The van der Waals surface area contributed by atoms with Gasteiger partial charge in [0.15, 0.2) is 10.9 Å². The lowest BCUT2D eigenvalue weighted by molar-refractivity contribution is -0.137. The fraction of sp³-hybridized carbons (Fsp3) is 0.368. The molecule has 0 radical (unpaired) electrons. The molecule has 7 nitrogen and oxygen atoms in total. The number of benzene rings is 1. The maximum atomic E-state index is 12.8. The summed E-state index contributed by atoms with van der Waals surface area (Å²) in [5.41, 5.74) is 8.57. The number of halogens is 3. The number of nitrogens with zero attached hydrogens (tertiary/aromatic N) is 4. The predicted molar refractivity (Wildman–Crippen MR) is 110 cm³/mol. The van der Waals surface area contributed by atoms with Crippen molar-refractivity contribution >= 4 is 23.2 Å². The summed E-state index contributed by atoms with van der Waals surface area (Å²) in [5.74, 6) is 0.174. The number of rotatable bonds is 5. The molecule has 1 aliphatic rings. The summed E-state index contributed by atoms with van der Waals surface area (Å²) in [6.45, 7) is 1.65. The average molecular weight is 438 g/mol. The van der Waals surface area contributed by atoms with Gasteiger partial charge in [0.2, 0.25) is 5.88 Å². The van der Waals surface area contributed by atoms with E-state index in [2.05, 4.69) is 20.5 Å². The minimum atomic E-state index is -4.41.